The third-order valence-electron chi connectivity index (χ3n) is 5.82. The molecule has 32 heavy (non-hydrogen) atoms. The quantitative estimate of drug-likeness (QED) is 0.711. The molecule has 4 amide bonds. The average Bonchev–Trinajstić information content (AvgIpc) is 2.99. The third kappa shape index (κ3) is 6.05. The molecule has 2 heterocycles. The summed E-state index contributed by atoms with van der Waals surface area (Å²) in [6, 6.07) is 4.95. The molecule has 0 aromatic heterocycles. The number of sulfone groups is 1. The van der Waals surface area contributed by atoms with E-state index in [0.29, 0.717) is 38.3 Å². The Balaban J connectivity index is 1.53. The summed E-state index contributed by atoms with van der Waals surface area (Å²) < 4.78 is 61.6. The molecular formula is C20H27F3N4O4S. The van der Waals surface area contributed by atoms with Crippen LogP contribution in [0.1, 0.15) is 24.8 Å². The minimum Gasteiger partial charge on any atom is -0.323 e. The molecule has 3 rings (SSSR count). The number of amides is 4. The highest BCUT2D eigenvalue weighted by atomic mass is 32.2. The topological polar surface area (TPSA) is 90.0 Å². The molecule has 0 saturated carbocycles. The van der Waals surface area contributed by atoms with Crippen LogP contribution >= 0.6 is 0 Å². The maximum absolute atomic E-state index is 12.8. The van der Waals surface area contributed by atoms with Crippen LogP contribution < -0.4 is 5.32 Å². The summed E-state index contributed by atoms with van der Waals surface area (Å²) in [4.78, 5) is 30.0. The van der Waals surface area contributed by atoms with Crippen LogP contribution in [-0.2, 0) is 9.84 Å². The van der Waals surface area contributed by atoms with Gasteiger partial charge in [0.25, 0.3) is 0 Å². The number of benzene rings is 1. The predicted molar refractivity (Wildman–Crippen MR) is 113 cm³/mol. The number of carbonyl (C=O) groups is 2. The summed E-state index contributed by atoms with van der Waals surface area (Å²) >= 11 is 0. The second-order valence-electron chi connectivity index (χ2n) is 8.06. The Labute approximate surface area is 185 Å². The highest BCUT2D eigenvalue weighted by molar-refractivity contribution is 7.91. The summed E-state index contributed by atoms with van der Waals surface area (Å²) in [5.74, 6) is -1.68. The number of rotatable bonds is 2. The second kappa shape index (κ2) is 9.55. The van der Waals surface area contributed by atoms with Gasteiger partial charge in [0.2, 0.25) is 0 Å². The molecule has 1 aromatic carbocycles. The molecule has 2 aliphatic heterocycles. The van der Waals surface area contributed by atoms with Crippen molar-refractivity contribution in [1.29, 1.82) is 0 Å². The van der Waals surface area contributed by atoms with Crippen molar-refractivity contribution in [2.75, 3.05) is 56.1 Å². The third-order valence-corrected chi connectivity index (χ3v) is 7.43. The summed E-state index contributed by atoms with van der Waals surface area (Å²) in [5, 5.41) is 2.69. The predicted octanol–water partition coefficient (Wildman–Crippen LogP) is 2.74. The Morgan fingerprint density at radius 2 is 1.44 bits per heavy atom. The summed E-state index contributed by atoms with van der Waals surface area (Å²) in [7, 11) is -3.08. The van der Waals surface area contributed by atoms with Crippen molar-refractivity contribution in [1.82, 2.24) is 14.7 Å². The van der Waals surface area contributed by atoms with Gasteiger partial charge in [-0.05, 0) is 31.0 Å². The molecule has 0 aliphatic carbocycles. The number of alkyl halides is 3. The first-order chi connectivity index (χ1) is 15.0. The zero-order valence-corrected chi connectivity index (χ0v) is 18.6. The van der Waals surface area contributed by atoms with Crippen LogP contribution in [-0.4, -0.2) is 92.1 Å². The van der Waals surface area contributed by atoms with E-state index in [1.165, 1.54) is 29.2 Å². The van der Waals surface area contributed by atoms with Crippen LogP contribution in [0, 0.1) is 0 Å². The van der Waals surface area contributed by atoms with E-state index >= 15 is 0 Å². The average molecular weight is 477 g/mol. The van der Waals surface area contributed by atoms with Crippen LogP contribution in [0.4, 0.5) is 28.4 Å². The van der Waals surface area contributed by atoms with Crippen LogP contribution in [0.5, 0.6) is 0 Å². The van der Waals surface area contributed by atoms with E-state index in [9.17, 15) is 31.2 Å². The van der Waals surface area contributed by atoms with E-state index in [4.69, 9.17) is 0 Å². The molecule has 1 atom stereocenters. The lowest BCUT2D eigenvalue weighted by Gasteiger charge is -2.32. The van der Waals surface area contributed by atoms with Crippen molar-refractivity contribution >= 4 is 27.6 Å². The van der Waals surface area contributed by atoms with Gasteiger partial charge in [0.05, 0.1) is 17.4 Å². The van der Waals surface area contributed by atoms with Gasteiger partial charge in [-0.15, -0.1) is 0 Å². The smallest absolute Gasteiger partial charge is 0.323 e. The fourth-order valence-corrected chi connectivity index (χ4v) is 4.86. The fourth-order valence-electron chi connectivity index (χ4n) is 3.66. The molecule has 2 fully saturated rings. The molecule has 8 nitrogen and oxygen atoms in total. The normalized spacial score (nSPS) is 20.4. The van der Waals surface area contributed by atoms with Crippen molar-refractivity contribution in [2.24, 2.45) is 0 Å². The van der Waals surface area contributed by atoms with Gasteiger partial charge in [-0.1, -0.05) is 12.1 Å². The zero-order chi connectivity index (χ0) is 23.5. The molecule has 2 aliphatic rings. The van der Waals surface area contributed by atoms with E-state index in [-0.39, 0.29) is 42.2 Å². The summed E-state index contributed by atoms with van der Waals surface area (Å²) in [6.45, 7) is 2.92. The lowest BCUT2D eigenvalue weighted by Crippen LogP contribution is -2.50. The van der Waals surface area contributed by atoms with Gasteiger partial charge in [0.15, 0.2) is 9.84 Å². The zero-order valence-electron chi connectivity index (χ0n) is 17.8. The molecule has 1 aromatic rings. The molecule has 0 bridgehead atoms. The van der Waals surface area contributed by atoms with Crippen molar-refractivity contribution in [3.63, 3.8) is 0 Å². The van der Waals surface area contributed by atoms with Crippen molar-refractivity contribution in [2.45, 2.75) is 25.4 Å². The van der Waals surface area contributed by atoms with E-state index in [1.807, 2.05) is 0 Å². The highest BCUT2D eigenvalue weighted by Crippen LogP contribution is 2.34. The Hall–Kier alpha value is -2.50. The fraction of sp³-hybridized carbons (Fsp3) is 0.600. The Morgan fingerprint density at radius 3 is 2.03 bits per heavy atom. The lowest BCUT2D eigenvalue weighted by molar-refractivity contribution is -0.146. The van der Waals surface area contributed by atoms with Crippen LogP contribution in [0.2, 0.25) is 0 Å². The number of urea groups is 2. The van der Waals surface area contributed by atoms with E-state index in [0.717, 1.165) is 6.92 Å². The first-order valence-corrected chi connectivity index (χ1v) is 12.3. The van der Waals surface area contributed by atoms with Crippen molar-refractivity contribution in [3.05, 3.63) is 29.8 Å². The van der Waals surface area contributed by atoms with Gasteiger partial charge in [0, 0.05) is 45.0 Å². The Morgan fingerprint density at radius 1 is 0.906 bits per heavy atom. The maximum atomic E-state index is 12.8. The summed E-state index contributed by atoms with van der Waals surface area (Å²) in [6.07, 6.45) is -3.77. The second-order valence-corrected chi connectivity index (χ2v) is 10.4. The monoisotopic (exact) mass is 476 g/mol. The number of anilines is 1. The van der Waals surface area contributed by atoms with Gasteiger partial charge in [-0.2, -0.15) is 13.2 Å². The minimum atomic E-state index is -4.33. The Kier molecular flexibility index (Phi) is 7.21. The van der Waals surface area contributed by atoms with E-state index in [2.05, 4.69) is 5.32 Å². The number of nitrogens with zero attached hydrogens (tertiary/aromatic N) is 3. The van der Waals surface area contributed by atoms with Crippen LogP contribution in [0.25, 0.3) is 0 Å². The summed E-state index contributed by atoms with van der Waals surface area (Å²) in [5.41, 5.74) is 0.504. The van der Waals surface area contributed by atoms with Gasteiger partial charge in [-0.25, -0.2) is 18.0 Å². The van der Waals surface area contributed by atoms with E-state index in [1.54, 1.807) is 9.80 Å². The maximum Gasteiger partial charge on any atom is 0.395 e. The molecule has 1 unspecified atom stereocenters. The lowest BCUT2D eigenvalue weighted by atomic mass is 10.0. The van der Waals surface area contributed by atoms with Crippen LogP contribution in [0.15, 0.2) is 24.3 Å². The van der Waals surface area contributed by atoms with Gasteiger partial charge in [-0.3, -0.25) is 0 Å². The molecular weight excluding hydrogens is 449 g/mol. The van der Waals surface area contributed by atoms with Crippen molar-refractivity contribution < 1.29 is 31.2 Å². The van der Waals surface area contributed by atoms with Gasteiger partial charge >= 0.3 is 18.2 Å². The standard InChI is InChI=1S/C20H27F3N4O4S/c1-15(20(21,22)23)16-3-5-17(6-4-16)24-18(28)25-7-2-8-26(10-9-25)19(29)27-11-13-32(30,31)14-12-27/h3-6,15H,2,7-14H2,1H3,(H,24,28). The minimum absolute atomic E-state index is 0.0400. The van der Waals surface area contributed by atoms with Crippen molar-refractivity contribution in [3.8, 4) is 0 Å². The molecule has 1 N–H and O–H groups in total. The molecule has 2 saturated heterocycles. The van der Waals surface area contributed by atoms with Gasteiger partial charge < -0.3 is 20.0 Å². The van der Waals surface area contributed by atoms with Crippen LogP contribution in [0.3, 0.4) is 0 Å². The number of hydrogen-bond donors (Lipinski definition) is 1. The number of nitrogens with one attached hydrogen (secondary N) is 1. The molecule has 0 spiro atoms. The molecule has 12 heteroatoms. The van der Waals surface area contributed by atoms with Gasteiger partial charge in [0.1, 0.15) is 0 Å². The number of halogens is 3. The number of carbonyl (C=O) groups excluding carboxylic acids is 2. The number of hydrogen-bond acceptors (Lipinski definition) is 4. The SMILES string of the molecule is CC(c1ccc(NC(=O)N2CCCN(C(=O)N3CCS(=O)(=O)CC3)CC2)cc1)C(F)(F)F. The largest absolute Gasteiger partial charge is 0.395 e. The van der Waals surface area contributed by atoms with E-state index < -0.39 is 21.9 Å². The highest BCUT2D eigenvalue weighted by Gasteiger charge is 2.37. The Bertz CT molecular complexity index is 923. The molecule has 0 radical (unpaired) electrons. The molecule has 178 valence electrons. The first kappa shape index (κ1) is 24.1. The first-order valence-electron chi connectivity index (χ1n) is 10.4.